The lowest BCUT2D eigenvalue weighted by molar-refractivity contribution is 0.0836. The maximum Gasteiger partial charge on any atom is 0.174 e. The van der Waals surface area contributed by atoms with Crippen LogP contribution in [0.15, 0.2) is 42.0 Å². The summed E-state index contributed by atoms with van der Waals surface area (Å²) in [6, 6.07) is 6.84. The van der Waals surface area contributed by atoms with Crippen molar-refractivity contribution in [3.05, 3.63) is 64.2 Å². The smallest absolute Gasteiger partial charge is 0.174 e. The molecule has 2 aliphatic heterocycles. The van der Waals surface area contributed by atoms with E-state index >= 15 is 0 Å². The maximum atomic E-state index is 13.1. The van der Waals surface area contributed by atoms with Crippen molar-refractivity contribution in [2.75, 3.05) is 0 Å². The normalized spacial score (nSPS) is 18.7. The number of carbonyl (C=O) groups is 1. The standard InChI is InChI=1S/C25H26O5/c1-14(2)9-10-17-23-16(11-12-25(3,4)30-23)22(28)21-19(27)13-20(29-24(17)21)15-7-5-6-8-18(15)26/h5-9,11-12,20,26,28H,10,13H2,1-4H3/t20-/m0/s1. The molecule has 30 heavy (non-hydrogen) atoms. The van der Waals surface area contributed by atoms with Gasteiger partial charge in [0, 0.05) is 11.1 Å². The van der Waals surface area contributed by atoms with E-state index in [1.165, 1.54) is 0 Å². The van der Waals surface area contributed by atoms with E-state index in [0.29, 0.717) is 29.0 Å². The topological polar surface area (TPSA) is 76.0 Å². The molecule has 2 heterocycles. The number of para-hydroxylation sites is 1. The van der Waals surface area contributed by atoms with Crippen molar-refractivity contribution >= 4 is 11.9 Å². The Morgan fingerprint density at radius 3 is 2.63 bits per heavy atom. The molecule has 0 fully saturated rings. The van der Waals surface area contributed by atoms with E-state index in [9.17, 15) is 15.0 Å². The number of phenolic OH excluding ortho intramolecular Hbond substituents is 2. The van der Waals surface area contributed by atoms with E-state index in [-0.39, 0.29) is 29.3 Å². The summed E-state index contributed by atoms with van der Waals surface area (Å²) in [6.45, 7) is 7.87. The fraction of sp³-hybridized carbons (Fsp3) is 0.320. The van der Waals surface area contributed by atoms with Gasteiger partial charge in [-0.25, -0.2) is 0 Å². The molecule has 4 rings (SSSR count). The number of fused-ring (bicyclic) bond motifs is 2. The van der Waals surface area contributed by atoms with E-state index < -0.39 is 11.7 Å². The van der Waals surface area contributed by atoms with Crippen molar-refractivity contribution in [2.45, 2.75) is 52.2 Å². The zero-order valence-electron chi connectivity index (χ0n) is 17.7. The van der Waals surface area contributed by atoms with Gasteiger partial charge in [0.1, 0.15) is 40.3 Å². The first-order valence-corrected chi connectivity index (χ1v) is 10.1. The molecule has 2 aromatic rings. The van der Waals surface area contributed by atoms with Crippen LogP contribution in [0.5, 0.6) is 23.0 Å². The van der Waals surface area contributed by atoms with Gasteiger partial charge in [-0.05, 0) is 52.3 Å². The van der Waals surface area contributed by atoms with Crippen LogP contribution in [-0.2, 0) is 6.42 Å². The number of hydrogen-bond donors (Lipinski definition) is 2. The Morgan fingerprint density at radius 2 is 1.93 bits per heavy atom. The molecule has 2 aliphatic rings. The van der Waals surface area contributed by atoms with Gasteiger partial charge in [0.25, 0.3) is 0 Å². The number of ketones is 1. The van der Waals surface area contributed by atoms with Crippen molar-refractivity contribution in [2.24, 2.45) is 0 Å². The number of phenols is 2. The van der Waals surface area contributed by atoms with Gasteiger partial charge in [0.05, 0.1) is 12.0 Å². The highest BCUT2D eigenvalue weighted by molar-refractivity contribution is 6.05. The van der Waals surface area contributed by atoms with Crippen molar-refractivity contribution in [1.29, 1.82) is 0 Å². The van der Waals surface area contributed by atoms with Gasteiger partial charge >= 0.3 is 0 Å². The number of aromatic hydroxyl groups is 2. The van der Waals surface area contributed by atoms with Gasteiger partial charge in [0.2, 0.25) is 0 Å². The number of carbonyl (C=O) groups excluding carboxylic acids is 1. The Hall–Kier alpha value is -3.21. The van der Waals surface area contributed by atoms with E-state index in [0.717, 1.165) is 11.1 Å². The number of ether oxygens (including phenoxy) is 2. The third-order valence-corrected chi connectivity index (χ3v) is 5.44. The minimum atomic E-state index is -0.638. The lowest BCUT2D eigenvalue weighted by Crippen LogP contribution is -2.29. The molecule has 0 saturated heterocycles. The molecule has 0 spiro atoms. The van der Waals surface area contributed by atoms with Crippen molar-refractivity contribution in [1.82, 2.24) is 0 Å². The average molecular weight is 406 g/mol. The molecule has 5 nitrogen and oxygen atoms in total. The quantitative estimate of drug-likeness (QED) is 0.659. The lowest BCUT2D eigenvalue weighted by atomic mass is 9.88. The second-order valence-electron chi connectivity index (χ2n) is 8.59. The van der Waals surface area contributed by atoms with Crippen LogP contribution in [0.2, 0.25) is 0 Å². The minimum absolute atomic E-state index is 0.0368. The molecule has 0 radical (unpaired) electrons. The average Bonchev–Trinajstić information content (AvgIpc) is 2.66. The molecule has 0 aliphatic carbocycles. The third kappa shape index (κ3) is 3.45. The van der Waals surface area contributed by atoms with Gasteiger partial charge in [-0.15, -0.1) is 0 Å². The van der Waals surface area contributed by atoms with Gasteiger partial charge in [-0.1, -0.05) is 29.8 Å². The second kappa shape index (κ2) is 7.24. The first-order chi connectivity index (χ1) is 14.2. The van der Waals surface area contributed by atoms with Crippen LogP contribution in [0.3, 0.4) is 0 Å². The van der Waals surface area contributed by atoms with Crippen LogP contribution >= 0.6 is 0 Å². The van der Waals surface area contributed by atoms with E-state index in [1.807, 2.05) is 45.9 Å². The van der Waals surface area contributed by atoms with Crippen LogP contribution < -0.4 is 9.47 Å². The summed E-state index contributed by atoms with van der Waals surface area (Å²) in [6.07, 6.45) is 5.61. The Kier molecular flexibility index (Phi) is 4.85. The van der Waals surface area contributed by atoms with Gasteiger partial charge in [-0.2, -0.15) is 0 Å². The Balaban J connectivity index is 1.92. The number of allylic oxidation sites excluding steroid dienone is 2. The maximum absolute atomic E-state index is 13.1. The highest BCUT2D eigenvalue weighted by Gasteiger charge is 2.38. The lowest BCUT2D eigenvalue weighted by Gasteiger charge is -2.34. The predicted octanol–water partition coefficient (Wildman–Crippen LogP) is 5.50. The molecule has 2 aromatic carbocycles. The molecule has 5 heteroatoms. The predicted molar refractivity (Wildman–Crippen MR) is 115 cm³/mol. The summed E-state index contributed by atoms with van der Waals surface area (Å²) in [5, 5.41) is 21.2. The van der Waals surface area contributed by atoms with Crippen LogP contribution in [0.4, 0.5) is 0 Å². The number of Topliss-reactive ketones (excluding diaryl/α,β-unsaturated/α-hetero) is 1. The Morgan fingerprint density at radius 1 is 1.20 bits per heavy atom. The minimum Gasteiger partial charge on any atom is -0.508 e. The zero-order valence-corrected chi connectivity index (χ0v) is 17.7. The van der Waals surface area contributed by atoms with Crippen molar-refractivity contribution in [3.8, 4) is 23.0 Å². The van der Waals surface area contributed by atoms with Crippen LogP contribution in [-0.4, -0.2) is 21.6 Å². The number of benzene rings is 2. The first kappa shape index (κ1) is 20.1. The molecule has 0 bridgehead atoms. The zero-order chi connectivity index (χ0) is 21.6. The monoisotopic (exact) mass is 406 g/mol. The second-order valence-corrected chi connectivity index (χ2v) is 8.59. The Bertz CT molecular complexity index is 1090. The Labute approximate surface area is 176 Å². The SMILES string of the molecule is CC(C)=CCc1c2c(c(O)c3c1O[C@H](c1ccccc1O)CC3=O)C=CC(C)(C)O2. The van der Waals surface area contributed by atoms with Gasteiger partial charge in [-0.3, -0.25) is 4.79 Å². The van der Waals surface area contributed by atoms with Crippen molar-refractivity contribution < 1.29 is 24.5 Å². The summed E-state index contributed by atoms with van der Waals surface area (Å²) < 4.78 is 12.5. The highest BCUT2D eigenvalue weighted by atomic mass is 16.5. The van der Waals surface area contributed by atoms with Crippen LogP contribution in [0.1, 0.15) is 67.3 Å². The molecule has 0 amide bonds. The highest BCUT2D eigenvalue weighted by Crippen LogP contribution is 2.51. The van der Waals surface area contributed by atoms with Crippen LogP contribution in [0.25, 0.3) is 6.08 Å². The molecule has 1 atom stereocenters. The van der Waals surface area contributed by atoms with E-state index in [1.54, 1.807) is 24.3 Å². The fourth-order valence-corrected chi connectivity index (χ4v) is 3.89. The molecular formula is C25H26O5. The van der Waals surface area contributed by atoms with Crippen molar-refractivity contribution in [3.63, 3.8) is 0 Å². The molecular weight excluding hydrogens is 380 g/mol. The molecule has 2 N–H and O–H groups in total. The summed E-state index contributed by atoms with van der Waals surface area (Å²) >= 11 is 0. The van der Waals surface area contributed by atoms with E-state index in [4.69, 9.17) is 9.47 Å². The summed E-state index contributed by atoms with van der Waals surface area (Å²) in [4.78, 5) is 13.1. The first-order valence-electron chi connectivity index (χ1n) is 10.1. The number of rotatable bonds is 3. The van der Waals surface area contributed by atoms with Crippen LogP contribution in [0, 0.1) is 0 Å². The molecule has 0 saturated carbocycles. The largest absolute Gasteiger partial charge is 0.508 e. The fourth-order valence-electron chi connectivity index (χ4n) is 3.89. The summed E-state index contributed by atoms with van der Waals surface area (Å²) in [5.74, 6) is 0.600. The summed E-state index contributed by atoms with van der Waals surface area (Å²) in [7, 11) is 0. The molecule has 0 aromatic heterocycles. The van der Waals surface area contributed by atoms with E-state index in [2.05, 4.69) is 0 Å². The molecule has 0 unspecified atom stereocenters. The number of hydrogen-bond acceptors (Lipinski definition) is 5. The third-order valence-electron chi connectivity index (χ3n) is 5.44. The summed E-state index contributed by atoms with van der Waals surface area (Å²) in [5.41, 5.74) is 2.53. The van der Waals surface area contributed by atoms with Gasteiger partial charge < -0.3 is 19.7 Å². The van der Waals surface area contributed by atoms with Gasteiger partial charge in [0.15, 0.2) is 5.78 Å². The molecule has 156 valence electrons.